The van der Waals surface area contributed by atoms with E-state index >= 15 is 0 Å². The highest BCUT2D eigenvalue weighted by Gasteiger charge is 2.27. The summed E-state index contributed by atoms with van der Waals surface area (Å²) >= 11 is 0. The Morgan fingerprint density at radius 3 is 2.65 bits per heavy atom. The summed E-state index contributed by atoms with van der Waals surface area (Å²) in [7, 11) is 0.234. The van der Waals surface area contributed by atoms with Crippen LogP contribution in [0.4, 0.5) is 0 Å². The van der Waals surface area contributed by atoms with Crippen LogP contribution in [0.5, 0.6) is 0 Å². The van der Waals surface area contributed by atoms with E-state index in [2.05, 4.69) is 0 Å². The van der Waals surface area contributed by atoms with Crippen LogP contribution in [0.25, 0.3) is 0 Å². The van der Waals surface area contributed by atoms with Crippen LogP contribution >= 0.6 is 0 Å². The Morgan fingerprint density at radius 2 is 2.06 bits per heavy atom. The van der Waals surface area contributed by atoms with Gasteiger partial charge in [0.25, 0.3) is 0 Å². The van der Waals surface area contributed by atoms with E-state index in [1.54, 1.807) is 0 Å². The molecular weight excluding hydrogens is 221 g/mol. The zero-order valence-electron chi connectivity index (χ0n) is 10.9. The second-order valence-corrected chi connectivity index (χ2v) is 5.30. The predicted octanol–water partition coefficient (Wildman–Crippen LogP) is 0.508. The minimum Gasteiger partial charge on any atom is -0.460 e. The summed E-state index contributed by atoms with van der Waals surface area (Å²) in [6.07, 6.45) is 1.77. The maximum absolute atomic E-state index is 11.6. The van der Waals surface area contributed by atoms with E-state index in [4.69, 9.17) is 19.8 Å². The Hall–Kier alpha value is -0.585. The van der Waals surface area contributed by atoms with Crippen molar-refractivity contribution in [1.29, 1.82) is 0 Å². The van der Waals surface area contributed by atoms with Crippen molar-refractivity contribution in [2.24, 2.45) is 5.73 Å². The summed E-state index contributed by atoms with van der Waals surface area (Å²) < 4.78 is 16.0. The minimum atomic E-state index is -0.446. The van der Waals surface area contributed by atoms with Gasteiger partial charge in [-0.15, -0.1) is 0 Å². The maximum atomic E-state index is 11.6. The topological polar surface area (TPSA) is 70.8 Å². The Morgan fingerprint density at radius 1 is 1.41 bits per heavy atom. The van der Waals surface area contributed by atoms with Crippen molar-refractivity contribution in [3.63, 3.8) is 0 Å². The third-order valence-corrected chi connectivity index (χ3v) is 2.44. The largest absolute Gasteiger partial charge is 0.460 e. The highest BCUT2D eigenvalue weighted by Crippen LogP contribution is 2.19. The van der Waals surface area contributed by atoms with E-state index in [1.165, 1.54) is 0 Å². The standard InChI is InChI=1S/C11H22BNO4/c1-11(2,3)15-10(14)7-9-6-8(4-5-13)16-12-17-9/h8-9,12H,4-7,13H2,1-3H3. The maximum Gasteiger partial charge on any atom is 0.438 e. The lowest BCUT2D eigenvalue weighted by Crippen LogP contribution is -2.37. The van der Waals surface area contributed by atoms with E-state index in [1.807, 2.05) is 20.8 Å². The molecule has 1 fully saturated rings. The number of hydrogen-bond acceptors (Lipinski definition) is 5. The fourth-order valence-corrected chi connectivity index (χ4v) is 1.76. The first-order chi connectivity index (χ1) is 7.90. The van der Waals surface area contributed by atoms with Crippen LogP contribution in [0.1, 0.15) is 40.0 Å². The van der Waals surface area contributed by atoms with Crippen LogP contribution < -0.4 is 5.73 Å². The average Bonchev–Trinajstić information content (AvgIpc) is 2.15. The Bertz CT molecular complexity index is 252. The highest BCUT2D eigenvalue weighted by molar-refractivity contribution is 6.18. The molecule has 0 spiro atoms. The molecule has 1 saturated heterocycles. The SMILES string of the molecule is CC(C)(C)OC(=O)CC1CC(CCN)OBO1. The molecule has 0 bridgehead atoms. The molecule has 0 radical (unpaired) electrons. The van der Waals surface area contributed by atoms with Gasteiger partial charge < -0.3 is 19.8 Å². The lowest BCUT2D eigenvalue weighted by molar-refractivity contribution is -0.157. The lowest BCUT2D eigenvalue weighted by Gasteiger charge is -2.29. The second kappa shape index (κ2) is 6.38. The normalized spacial score (nSPS) is 25.2. The number of hydrogen-bond donors (Lipinski definition) is 1. The van der Waals surface area contributed by atoms with Crippen LogP contribution in [0.15, 0.2) is 0 Å². The Balaban J connectivity index is 2.33. The predicted molar refractivity (Wildman–Crippen MR) is 65.6 cm³/mol. The molecule has 17 heavy (non-hydrogen) atoms. The van der Waals surface area contributed by atoms with Gasteiger partial charge in [0.05, 0.1) is 12.5 Å². The lowest BCUT2D eigenvalue weighted by atomic mass is 10.0. The molecule has 0 aromatic heterocycles. The van der Waals surface area contributed by atoms with Crippen LogP contribution in [-0.2, 0) is 18.8 Å². The third-order valence-electron chi connectivity index (χ3n) is 2.44. The number of rotatable bonds is 4. The molecular formula is C11H22BNO4. The monoisotopic (exact) mass is 243 g/mol. The van der Waals surface area contributed by atoms with Crippen molar-refractivity contribution in [3.8, 4) is 0 Å². The van der Waals surface area contributed by atoms with Gasteiger partial charge in [0, 0.05) is 6.10 Å². The molecule has 2 unspecified atom stereocenters. The van der Waals surface area contributed by atoms with Crippen LogP contribution in [0.2, 0.25) is 0 Å². The second-order valence-electron chi connectivity index (χ2n) is 5.30. The molecule has 5 nitrogen and oxygen atoms in total. The summed E-state index contributed by atoms with van der Waals surface area (Å²) in [6.45, 7) is 6.15. The van der Waals surface area contributed by atoms with Gasteiger partial charge in [-0.3, -0.25) is 4.79 Å². The molecule has 6 heteroatoms. The molecule has 2 atom stereocenters. The molecule has 0 saturated carbocycles. The zero-order valence-corrected chi connectivity index (χ0v) is 10.9. The molecule has 1 rings (SSSR count). The van der Waals surface area contributed by atoms with E-state index < -0.39 is 5.60 Å². The summed E-state index contributed by atoms with van der Waals surface area (Å²) in [5.74, 6) is -0.226. The summed E-state index contributed by atoms with van der Waals surface area (Å²) in [6, 6.07) is 0. The van der Waals surface area contributed by atoms with Crippen molar-refractivity contribution in [1.82, 2.24) is 0 Å². The van der Waals surface area contributed by atoms with E-state index in [-0.39, 0.29) is 32.3 Å². The fourth-order valence-electron chi connectivity index (χ4n) is 1.76. The zero-order chi connectivity index (χ0) is 12.9. The van der Waals surface area contributed by atoms with Crippen molar-refractivity contribution < 1.29 is 18.8 Å². The molecule has 0 aromatic rings. The first kappa shape index (κ1) is 14.5. The fraction of sp³-hybridized carbons (Fsp3) is 0.909. The molecule has 2 N–H and O–H groups in total. The van der Waals surface area contributed by atoms with Crippen LogP contribution in [0.3, 0.4) is 0 Å². The Labute approximate surface area is 103 Å². The first-order valence-corrected chi connectivity index (χ1v) is 6.06. The Kier molecular flexibility index (Phi) is 5.43. The number of carbonyl (C=O) groups excluding carboxylic acids is 1. The van der Waals surface area contributed by atoms with Gasteiger partial charge in [-0.05, 0) is 40.2 Å². The smallest absolute Gasteiger partial charge is 0.438 e. The van der Waals surface area contributed by atoms with Gasteiger partial charge in [0.15, 0.2) is 0 Å². The number of nitrogens with two attached hydrogens (primary N) is 1. The average molecular weight is 243 g/mol. The van der Waals surface area contributed by atoms with E-state index in [0.29, 0.717) is 13.0 Å². The number of carbonyl (C=O) groups is 1. The van der Waals surface area contributed by atoms with Crippen molar-refractivity contribution >= 4 is 13.7 Å². The third kappa shape index (κ3) is 6.05. The molecule has 0 amide bonds. The van der Waals surface area contributed by atoms with Gasteiger partial charge >= 0.3 is 13.7 Å². The summed E-state index contributed by atoms with van der Waals surface area (Å²) in [5, 5.41) is 0. The van der Waals surface area contributed by atoms with Gasteiger partial charge in [-0.1, -0.05) is 0 Å². The summed E-state index contributed by atoms with van der Waals surface area (Å²) in [5.41, 5.74) is 5.03. The van der Waals surface area contributed by atoms with Crippen molar-refractivity contribution in [2.75, 3.05) is 6.54 Å². The number of ether oxygens (including phenoxy) is 1. The molecule has 0 aliphatic carbocycles. The van der Waals surface area contributed by atoms with Crippen LogP contribution in [0, 0.1) is 0 Å². The summed E-state index contributed by atoms with van der Waals surface area (Å²) in [4.78, 5) is 11.6. The van der Waals surface area contributed by atoms with Gasteiger partial charge in [0.2, 0.25) is 0 Å². The van der Waals surface area contributed by atoms with Crippen molar-refractivity contribution in [3.05, 3.63) is 0 Å². The number of esters is 1. The molecule has 98 valence electrons. The molecule has 1 aliphatic heterocycles. The van der Waals surface area contributed by atoms with Gasteiger partial charge in [0.1, 0.15) is 5.60 Å². The van der Waals surface area contributed by atoms with Crippen molar-refractivity contribution in [2.45, 2.75) is 57.8 Å². The quantitative estimate of drug-likeness (QED) is 0.575. The van der Waals surface area contributed by atoms with Crippen LogP contribution in [-0.4, -0.2) is 38.0 Å². The minimum absolute atomic E-state index is 0.0983. The van der Waals surface area contributed by atoms with Gasteiger partial charge in [-0.2, -0.15) is 0 Å². The highest BCUT2D eigenvalue weighted by atomic mass is 16.6. The molecule has 1 aliphatic rings. The van der Waals surface area contributed by atoms with Gasteiger partial charge in [-0.25, -0.2) is 0 Å². The first-order valence-electron chi connectivity index (χ1n) is 6.06. The van der Waals surface area contributed by atoms with E-state index in [9.17, 15) is 4.79 Å². The van der Waals surface area contributed by atoms with E-state index in [0.717, 1.165) is 6.42 Å². The molecule has 1 heterocycles. The molecule has 0 aromatic carbocycles.